The summed E-state index contributed by atoms with van der Waals surface area (Å²) >= 11 is 0. The summed E-state index contributed by atoms with van der Waals surface area (Å²) in [5.74, 6) is -0.0371. The molecule has 0 aliphatic rings. The molecule has 0 unspecified atom stereocenters. The van der Waals surface area contributed by atoms with Crippen LogP contribution in [0.1, 0.15) is 11.3 Å². The number of nitrogens with one attached hydrogen (secondary N) is 2. The Balaban J connectivity index is 2.34. The Hall–Kier alpha value is -2.17. The fourth-order valence-electron chi connectivity index (χ4n) is 1.41. The minimum atomic E-state index is -0.346. The van der Waals surface area contributed by atoms with Crippen LogP contribution < -0.4 is 10.9 Å². The van der Waals surface area contributed by atoms with Gasteiger partial charge in [0, 0.05) is 16.9 Å². The fourth-order valence-corrected chi connectivity index (χ4v) is 1.41. The predicted molar refractivity (Wildman–Crippen MR) is 64.0 cm³/mol. The molecule has 1 aromatic carbocycles. The molecule has 0 aliphatic carbocycles. The molecule has 0 bridgehead atoms. The number of aromatic amines is 1. The number of anilines is 2. The lowest BCUT2D eigenvalue weighted by Gasteiger charge is -2.07. The number of halogens is 1. The van der Waals surface area contributed by atoms with Gasteiger partial charge in [0.2, 0.25) is 5.95 Å². The molecule has 2 rings (SSSR count). The Morgan fingerprint density at radius 3 is 2.76 bits per heavy atom. The summed E-state index contributed by atoms with van der Waals surface area (Å²) < 4.78 is 13.0. The van der Waals surface area contributed by atoms with E-state index in [-0.39, 0.29) is 11.4 Å². The minimum absolute atomic E-state index is 0.198. The standard InChI is InChI=1S/C12H12FN3O/c1-7-8(2)14-12(16-11(7)17)15-10-5-3-4-9(13)6-10/h3-6H,1-2H3,(H2,14,15,16,17). The highest BCUT2D eigenvalue weighted by Crippen LogP contribution is 2.13. The molecule has 4 nitrogen and oxygen atoms in total. The van der Waals surface area contributed by atoms with Crippen molar-refractivity contribution in [3.8, 4) is 0 Å². The van der Waals surface area contributed by atoms with E-state index in [4.69, 9.17) is 0 Å². The van der Waals surface area contributed by atoms with Crippen LogP contribution in [0.2, 0.25) is 0 Å². The number of H-pyrrole nitrogens is 1. The van der Waals surface area contributed by atoms with Gasteiger partial charge in [0.05, 0.1) is 0 Å². The largest absolute Gasteiger partial charge is 0.326 e. The van der Waals surface area contributed by atoms with Crippen molar-refractivity contribution in [1.29, 1.82) is 0 Å². The maximum absolute atomic E-state index is 13.0. The zero-order chi connectivity index (χ0) is 12.4. The fraction of sp³-hybridized carbons (Fsp3) is 0.167. The first-order chi connectivity index (χ1) is 8.06. The van der Waals surface area contributed by atoms with Gasteiger partial charge in [0.15, 0.2) is 0 Å². The zero-order valence-corrected chi connectivity index (χ0v) is 9.54. The van der Waals surface area contributed by atoms with Gasteiger partial charge in [0.1, 0.15) is 5.82 Å². The van der Waals surface area contributed by atoms with Crippen LogP contribution in [0.5, 0.6) is 0 Å². The van der Waals surface area contributed by atoms with E-state index in [2.05, 4.69) is 15.3 Å². The van der Waals surface area contributed by atoms with Crippen molar-refractivity contribution >= 4 is 11.6 Å². The van der Waals surface area contributed by atoms with E-state index < -0.39 is 0 Å². The SMILES string of the molecule is Cc1nc(Nc2cccc(F)c2)[nH]c(=O)c1C. The van der Waals surface area contributed by atoms with Crippen LogP contribution in [0.25, 0.3) is 0 Å². The van der Waals surface area contributed by atoms with Gasteiger partial charge in [-0.1, -0.05) is 6.07 Å². The zero-order valence-electron chi connectivity index (χ0n) is 9.54. The highest BCUT2D eigenvalue weighted by molar-refractivity contribution is 5.53. The summed E-state index contributed by atoms with van der Waals surface area (Å²) in [5.41, 5.74) is 1.57. The van der Waals surface area contributed by atoms with Crippen LogP contribution in [0.4, 0.5) is 16.0 Å². The van der Waals surface area contributed by atoms with Crippen molar-refractivity contribution in [3.63, 3.8) is 0 Å². The Kier molecular flexibility index (Phi) is 2.91. The minimum Gasteiger partial charge on any atom is -0.326 e. The Morgan fingerprint density at radius 1 is 1.35 bits per heavy atom. The highest BCUT2D eigenvalue weighted by atomic mass is 19.1. The predicted octanol–water partition coefficient (Wildman–Crippen LogP) is 2.27. The molecule has 0 radical (unpaired) electrons. The molecule has 17 heavy (non-hydrogen) atoms. The molecule has 5 heteroatoms. The number of hydrogen-bond acceptors (Lipinski definition) is 3. The quantitative estimate of drug-likeness (QED) is 0.836. The van der Waals surface area contributed by atoms with Crippen molar-refractivity contribution in [2.45, 2.75) is 13.8 Å². The molecule has 0 saturated carbocycles. The van der Waals surface area contributed by atoms with Crippen molar-refractivity contribution in [2.24, 2.45) is 0 Å². The lowest BCUT2D eigenvalue weighted by molar-refractivity contribution is 0.628. The van der Waals surface area contributed by atoms with Gasteiger partial charge in [-0.05, 0) is 32.0 Å². The van der Waals surface area contributed by atoms with Gasteiger partial charge in [-0.25, -0.2) is 9.37 Å². The third kappa shape index (κ3) is 2.50. The first kappa shape index (κ1) is 11.3. The lowest BCUT2D eigenvalue weighted by atomic mass is 10.3. The van der Waals surface area contributed by atoms with Crippen LogP contribution in [0, 0.1) is 19.7 Å². The van der Waals surface area contributed by atoms with Crippen LogP contribution in [-0.4, -0.2) is 9.97 Å². The molecule has 1 aromatic heterocycles. The van der Waals surface area contributed by atoms with Crippen molar-refractivity contribution in [1.82, 2.24) is 9.97 Å². The summed E-state index contributed by atoms with van der Waals surface area (Å²) in [4.78, 5) is 18.3. The molecule has 0 amide bonds. The molecule has 2 N–H and O–H groups in total. The maximum Gasteiger partial charge on any atom is 0.255 e. The number of nitrogens with zero attached hydrogens (tertiary/aromatic N) is 1. The number of rotatable bonds is 2. The Labute approximate surface area is 97.5 Å². The Bertz CT molecular complexity index is 607. The maximum atomic E-state index is 13.0. The number of aryl methyl sites for hydroxylation is 1. The van der Waals surface area contributed by atoms with Crippen LogP contribution in [0.15, 0.2) is 29.1 Å². The van der Waals surface area contributed by atoms with E-state index in [1.807, 2.05) is 0 Å². The summed E-state index contributed by atoms with van der Waals surface area (Å²) in [5, 5.41) is 2.85. The number of aromatic nitrogens is 2. The van der Waals surface area contributed by atoms with Crippen molar-refractivity contribution < 1.29 is 4.39 Å². The molecule has 0 saturated heterocycles. The van der Waals surface area contributed by atoms with Crippen LogP contribution in [0.3, 0.4) is 0 Å². The van der Waals surface area contributed by atoms with Gasteiger partial charge in [-0.15, -0.1) is 0 Å². The highest BCUT2D eigenvalue weighted by Gasteiger charge is 2.03. The first-order valence-electron chi connectivity index (χ1n) is 5.16. The first-order valence-corrected chi connectivity index (χ1v) is 5.16. The van der Waals surface area contributed by atoms with Crippen molar-refractivity contribution in [2.75, 3.05) is 5.32 Å². The van der Waals surface area contributed by atoms with Crippen molar-refractivity contribution in [3.05, 3.63) is 51.7 Å². The van der Waals surface area contributed by atoms with E-state index in [0.717, 1.165) is 0 Å². The molecular formula is C12H12FN3O. The molecule has 88 valence electrons. The molecule has 2 aromatic rings. The van der Waals surface area contributed by atoms with E-state index in [1.165, 1.54) is 12.1 Å². The van der Waals surface area contributed by atoms with Gasteiger partial charge < -0.3 is 5.32 Å². The van der Waals surface area contributed by atoms with Gasteiger partial charge in [-0.2, -0.15) is 0 Å². The topological polar surface area (TPSA) is 57.8 Å². The molecule has 0 spiro atoms. The van der Waals surface area contributed by atoms with E-state index in [0.29, 0.717) is 22.9 Å². The normalized spacial score (nSPS) is 10.3. The summed E-state index contributed by atoms with van der Waals surface area (Å²) in [6, 6.07) is 5.95. The van der Waals surface area contributed by atoms with E-state index in [9.17, 15) is 9.18 Å². The average Bonchev–Trinajstić information content (AvgIpc) is 2.26. The van der Waals surface area contributed by atoms with Gasteiger partial charge in [-0.3, -0.25) is 9.78 Å². The number of hydrogen-bond donors (Lipinski definition) is 2. The summed E-state index contributed by atoms with van der Waals surface area (Å²) in [6.45, 7) is 3.45. The van der Waals surface area contributed by atoms with Crippen LogP contribution in [-0.2, 0) is 0 Å². The second-order valence-corrected chi connectivity index (χ2v) is 3.76. The second kappa shape index (κ2) is 4.37. The molecule has 0 fully saturated rings. The lowest BCUT2D eigenvalue weighted by Crippen LogP contribution is -2.15. The molecule has 0 atom stereocenters. The van der Waals surface area contributed by atoms with Gasteiger partial charge >= 0.3 is 0 Å². The molecular weight excluding hydrogens is 221 g/mol. The summed E-state index contributed by atoms with van der Waals surface area (Å²) in [6.07, 6.45) is 0. The average molecular weight is 233 g/mol. The van der Waals surface area contributed by atoms with Crippen LogP contribution >= 0.6 is 0 Å². The smallest absolute Gasteiger partial charge is 0.255 e. The third-order valence-electron chi connectivity index (χ3n) is 2.48. The molecule has 1 heterocycles. The van der Waals surface area contributed by atoms with Gasteiger partial charge in [0.25, 0.3) is 5.56 Å². The second-order valence-electron chi connectivity index (χ2n) is 3.76. The van der Waals surface area contributed by atoms with E-state index in [1.54, 1.807) is 26.0 Å². The van der Waals surface area contributed by atoms with E-state index >= 15 is 0 Å². The third-order valence-corrected chi connectivity index (χ3v) is 2.48. The monoisotopic (exact) mass is 233 g/mol. The number of benzene rings is 1. The summed E-state index contributed by atoms with van der Waals surface area (Å²) in [7, 11) is 0. The Morgan fingerprint density at radius 2 is 2.12 bits per heavy atom. The molecule has 0 aliphatic heterocycles.